The number of carbonyl (C=O) groups is 1. The van der Waals surface area contributed by atoms with Gasteiger partial charge in [-0.25, -0.2) is 4.79 Å². The van der Waals surface area contributed by atoms with Crippen molar-refractivity contribution in [2.24, 2.45) is 5.92 Å². The van der Waals surface area contributed by atoms with Crippen LogP contribution in [0.4, 0.5) is 0 Å². The monoisotopic (exact) mass is 426 g/mol. The maximum atomic E-state index is 12.8. The number of thiophene rings is 1. The average Bonchev–Trinajstić information content (AvgIpc) is 3.37. The maximum absolute atomic E-state index is 12.8. The molecule has 0 spiro atoms. The van der Waals surface area contributed by atoms with Crippen LogP contribution in [-0.2, 0) is 17.9 Å². The van der Waals surface area contributed by atoms with Crippen molar-refractivity contribution in [3.05, 3.63) is 57.1 Å². The second-order valence-corrected chi connectivity index (χ2v) is 9.13. The molecule has 0 radical (unpaired) electrons. The third-order valence-electron chi connectivity index (χ3n) is 6.17. The number of amides is 1. The molecular formula is C23H30N4O2S. The van der Waals surface area contributed by atoms with Crippen LogP contribution in [-0.4, -0.2) is 39.6 Å². The first-order valence-electron chi connectivity index (χ1n) is 10.8. The lowest BCUT2D eigenvalue weighted by Gasteiger charge is -2.36. The van der Waals surface area contributed by atoms with E-state index in [4.69, 9.17) is 0 Å². The van der Waals surface area contributed by atoms with Crippen molar-refractivity contribution in [1.29, 1.82) is 0 Å². The quantitative estimate of drug-likeness (QED) is 0.629. The first kappa shape index (κ1) is 20.9. The summed E-state index contributed by atoms with van der Waals surface area (Å²) in [4.78, 5) is 29.4. The van der Waals surface area contributed by atoms with Crippen LogP contribution >= 0.6 is 11.3 Å². The second kappa shape index (κ2) is 9.18. The molecule has 1 aliphatic rings. The standard InChI is InChI=1S/C23H30N4O2S/c1-3-26-18-7-4-5-8-19(18)27(23(26)29)16-22(28)24-15-20(21-9-6-14-30-21)25-12-10-17(2)11-13-25/h4-9,14,17,20H,3,10-13,15-16H2,1-2H3,(H,24,28). The first-order valence-corrected chi connectivity index (χ1v) is 11.7. The molecule has 1 atom stereocenters. The summed E-state index contributed by atoms with van der Waals surface area (Å²) >= 11 is 1.74. The van der Waals surface area contributed by atoms with E-state index in [0.29, 0.717) is 13.1 Å². The van der Waals surface area contributed by atoms with E-state index in [0.717, 1.165) is 30.0 Å². The number of hydrogen-bond donors (Lipinski definition) is 1. The zero-order chi connectivity index (χ0) is 21.1. The van der Waals surface area contributed by atoms with Crippen LogP contribution in [0.3, 0.4) is 0 Å². The highest BCUT2D eigenvalue weighted by molar-refractivity contribution is 7.10. The molecule has 1 unspecified atom stereocenters. The Hall–Kier alpha value is -2.38. The zero-order valence-corrected chi connectivity index (χ0v) is 18.5. The topological polar surface area (TPSA) is 59.3 Å². The summed E-state index contributed by atoms with van der Waals surface area (Å²) in [7, 11) is 0. The molecule has 1 aromatic carbocycles. The fourth-order valence-electron chi connectivity index (χ4n) is 4.37. The van der Waals surface area contributed by atoms with Crippen molar-refractivity contribution >= 4 is 28.3 Å². The molecular weight excluding hydrogens is 396 g/mol. The molecule has 1 fully saturated rings. The molecule has 4 rings (SSSR count). The third kappa shape index (κ3) is 4.23. The van der Waals surface area contributed by atoms with Gasteiger partial charge in [0.2, 0.25) is 5.91 Å². The number of aryl methyl sites for hydroxylation is 1. The van der Waals surface area contributed by atoms with Crippen LogP contribution in [0.1, 0.15) is 37.6 Å². The lowest BCUT2D eigenvalue weighted by molar-refractivity contribution is -0.122. The minimum Gasteiger partial charge on any atom is -0.353 e. The Morgan fingerprint density at radius 2 is 1.83 bits per heavy atom. The van der Waals surface area contributed by atoms with E-state index in [-0.39, 0.29) is 24.2 Å². The van der Waals surface area contributed by atoms with Crippen molar-refractivity contribution in [2.75, 3.05) is 19.6 Å². The molecule has 7 heteroatoms. The Kier molecular flexibility index (Phi) is 6.39. The number of fused-ring (bicyclic) bond motifs is 1. The van der Waals surface area contributed by atoms with E-state index in [1.54, 1.807) is 20.5 Å². The number of rotatable bonds is 7. The molecule has 0 saturated carbocycles. The highest BCUT2D eigenvalue weighted by Gasteiger charge is 2.26. The summed E-state index contributed by atoms with van der Waals surface area (Å²) in [5.74, 6) is 0.644. The Balaban J connectivity index is 1.48. The largest absolute Gasteiger partial charge is 0.353 e. The van der Waals surface area contributed by atoms with E-state index in [9.17, 15) is 9.59 Å². The van der Waals surface area contributed by atoms with Gasteiger partial charge in [-0.3, -0.25) is 18.8 Å². The number of carbonyl (C=O) groups excluding carboxylic acids is 1. The van der Waals surface area contributed by atoms with E-state index in [2.05, 4.69) is 34.7 Å². The molecule has 160 valence electrons. The van der Waals surface area contributed by atoms with Gasteiger partial charge in [-0.2, -0.15) is 0 Å². The lowest BCUT2D eigenvalue weighted by Crippen LogP contribution is -2.42. The first-order chi connectivity index (χ1) is 14.6. The number of para-hydroxylation sites is 2. The van der Waals surface area contributed by atoms with Gasteiger partial charge < -0.3 is 5.32 Å². The number of nitrogens with zero attached hydrogens (tertiary/aromatic N) is 3. The molecule has 30 heavy (non-hydrogen) atoms. The molecule has 1 saturated heterocycles. The van der Waals surface area contributed by atoms with Crippen molar-refractivity contribution in [3.8, 4) is 0 Å². The van der Waals surface area contributed by atoms with Gasteiger partial charge in [0, 0.05) is 18.0 Å². The SMILES string of the molecule is CCn1c(=O)n(CC(=O)NCC(c2cccs2)N2CCC(C)CC2)c2ccccc21. The van der Waals surface area contributed by atoms with Crippen LogP contribution in [0, 0.1) is 5.92 Å². The Morgan fingerprint density at radius 3 is 2.47 bits per heavy atom. The van der Waals surface area contributed by atoms with Crippen molar-refractivity contribution in [2.45, 2.75) is 45.8 Å². The Bertz CT molecular complexity index is 1050. The number of benzene rings is 1. The van der Waals surface area contributed by atoms with Crippen LogP contribution < -0.4 is 11.0 Å². The summed E-state index contributed by atoms with van der Waals surface area (Å²) in [5, 5.41) is 5.20. The molecule has 0 bridgehead atoms. The number of aromatic nitrogens is 2. The summed E-state index contributed by atoms with van der Waals surface area (Å²) in [6, 6.07) is 12.1. The minimum absolute atomic E-state index is 0.0422. The van der Waals surface area contributed by atoms with Crippen molar-refractivity contribution in [1.82, 2.24) is 19.4 Å². The molecule has 6 nitrogen and oxygen atoms in total. The Morgan fingerprint density at radius 1 is 1.13 bits per heavy atom. The van der Waals surface area contributed by atoms with Gasteiger partial charge >= 0.3 is 5.69 Å². The van der Waals surface area contributed by atoms with Gasteiger partial charge in [0.25, 0.3) is 0 Å². The van der Waals surface area contributed by atoms with E-state index >= 15 is 0 Å². The maximum Gasteiger partial charge on any atom is 0.329 e. The van der Waals surface area contributed by atoms with Gasteiger partial charge in [-0.05, 0) is 62.4 Å². The van der Waals surface area contributed by atoms with E-state index < -0.39 is 0 Å². The number of imidazole rings is 1. The molecule has 0 aliphatic carbocycles. The average molecular weight is 427 g/mol. The fraction of sp³-hybridized carbons (Fsp3) is 0.478. The van der Waals surface area contributed by atoms with E-state index in [1.165, 1.54) is 17.7 Å². The zero-order valence-electron chi connectivity index (χ0n) is 17.7. The fourth-order valence-corrected chi connectivity index (χ4v) is 5.23. The number of nitrogens with one attached hydrogen (secondary N) is 1. The molecule has 1 aliphatic heterocycles. The number of likely N-dealkylation sites (tertiary alicyclic amines) is 1. The predicted octanol–water partition coefficient (Wildman–Crippen LogP) is 3.47. The molecule has 3 aromatic rings. The van der Waals surface area contributed by atoms with Gasteiger partial charge in [-0.1, -0.05) is 25.1 Å². The normalized spacial score (nSPS) is 16.7. The van der Waals surface area contributed by atoms with Crippen molar-refractivity contribution in [3.63, 3.8) is 0 Å². The molecule has 3 heterocycles. The van der Waals surface area contributed by atoms with Gasteiger partial charge in [0.1, 0.15) is 6.54 Å². The highest BCUT2D eigenvalue weighted by Crippen LogP contribution is 2.29. The highest BCUT2D eigenvalue weighted by atomic mass is 32.1. The third-order valence-corrected chi connectivity index (χ3v) is 7.14. The molecule has 2 aromatic heterocycles. The summed E-state index contributed by atoms with van der Waals surface area (Å²) in [6.07, 6.45) is 2.39. The van der Waals surface area contributed by atoms with Gasteiger partial charge in [0.05, 0.1) is 17.1 Å². The predicted molar refractivity (Wildman–Crippen MR) is 122 cm³/mol. The minimum atomic E-state index is -0.131. The number of piperidine rings is 1. The molecule has 1 amide bonds. The van der Waals surface area contributed by atoms with Crippen LogP contribution in [0.25, 0.3) is 11.0 Å². The molecule has 1 N–H and O–H groups in total. The second-order valence-electron chi connectivity index (χ2n) is 8.16. The van der Waals surface area contributed by atoms with Gasteiger partial charge in [-0.15, -0.1) is 11.3 Å². The van der Waals surface area contributed by atoms with E-state index in [1.807, 2.05) is 31.2 Å². The Labute approximate surface area is 181 Å². The summed E-state index contributed by atoms with van der Waals surface area (Å²) in [6.45, 7) is 7.57. The van der Waals surface area contributed by atoms with Gasteiger partial charge in [0.15, 0.2) is 0 Å². The van der Waals surface area contributed by atoms with Crippen LogP contribution in [0.15, 0.2) is 46.6 Å². The summed E-state index contributed by atoms with van der Waals surface area (Å²) in [5.41, 5.74) is 1.55. The summed E-state index contributed by atoms with van der Waals surface area (Å²) < 4.78 is 3.29. The number of hydrogen-bond acceptors (Lipinski definition) is 4. The van der Waals surface area contributed by atoms with Crippen LogP contribution in [0.5, 0.6) is 0 Å². The van der Waals surface area contributed by atoms with Crippen molar-refractivity contribution < 1.29 is 4.79 Å². The van der Waals surface area contributed by atoms with Crippen LogP contribution in [0.2, 0.25) is 0 Å². The lowest BCUT2D eigenvalue weighted by atomic mass is 9.97. The smallest absolute Gasteiger partial charge is 0.329 e.